The summed E-state index contributed by atoms with van der Waals surface area (Å²) in [5, 5.41) is 9.24. The highest BCUT2D eigenvalue weighted by atomic mass is 32.2. The topological polar surface area (TPSA) is 57.0 Å². The molecule has 1 aliphatic rings. The van der Waals surface area contributed by atoms with Crippen molar-refractivity contribution in [3.63, 3.8) is 0 Å². The molecule has 0 aliphatic carbocycles. The second kappa shape index (κ2) is 5.69. The molecule has 0 radical (unpaired) electrons. The van der Waals surface area contributed by atoms with Crippen LogP contribution >= 0.6 is 11.8 Å². The van der Waals surface area contributed by atoms with E-state index in [1.165, 1.54) is 11.8 Å². The second-order valence-electron chi connectivity index (χ2n) is 3.83. The molecular formula is C12H13N3OS. The van der Waals surface area contributed by atoms with E-state index >= 15 is 0 Å². The first kappa shape index (κ1) is 11.9. The molecular weight excluding hydrogens is 234 g/mol. The fourth-order valence-electron chi connectivity index (χ4n) is 1.80. The first-order valence-electron chi connectivity index (χ1n) is 5.56. The molecule has 1 aromatic rings. The lowest BCUT2D eigenvalue weighted by Crippen LogP contribution is -2.27. The van der Waals surface area contributed by atoms with Gasteiger partial charge in [0.25, 0.3) is 5.91 Å². The Kier molecular flexibility index (Phi) is 3.99. The number of hydrogen-bond acceptors (Lipinski definition) is 4. The normalized spacial score (nSPS) is 14.6. The minimum absolute atomic E-state index is 0.0619. The Balaban J connectivity index is 2.02. The number of rotatable bonds is 3. The predicted octanol–water partition coefficient (Wildman–Crippen LogP) is 1.93. The van der Waals surface area contributed by atoms with Gasteiger partial charge in [-0.1, -0.05) is 11.8 Å². The lowest BCUT2D eigenvalue weighted by molar-refractivity contribution is 0.0792. The molecule has 2 heterocycles. The van der Waals surface area contributed by atoms with Crippen LogP contribution in [0.2, 0.25) is 0 Å². The molecule has 0 bridgehead atoms. The number of nitrogens with zero attached hydrogens (tertiary/aromatic N) is 3. The Hall–Kier alpha value is -1.54. The molecule has 0 unspecified atom stereocenters. The van der Waals surface area contributed by atoms with Crippen LogP contribution in [0.5, 0.6) is 0 Å². The molecule has 0 atom stereocenters. The standard InChI is InChI=1S/C12H13N3OS/c13-5-8-17-11-4-3-10(9-14-11)12(16)15-6-1-2-7-15/h3-4,9H,1-2,6-8H2. The van der Waals surface area contributed by atoms with Crippen LogP contribution in [0.3, 0.4) is 0 Å². The average molecular weight is 247 g/mol. The van der Waals surface area contributed by atoms with Gasteiger partial charge in [0.15, 0.2) is 0 Å². The van der Waals surface area contributed by atoms with Crippen LogP contribution in [0.4, 0.5) is 0 Å². The van der Waals surface area contributed by atoms with Crippen LogP contribution in [0, 0.1) is 11.3 Å². The fraction of sp³-hybridized carbons (Fsp3) is 0.417. The van der Waals surface area contributed by atoms with Crippen molar-refractivity contribution in [3.8, 4) is 6.07 Å². The van der Waals surface area contributed by atoms with E-state index in [0.717, 1.165) is 31.0 Å². The van der Waals surface area contributed by atoms with Gasteiger partial charge in [-0.05, 0) is 25.0 Å². The smallest absolute Gasteiger partial charge is 0.255 e. The zero-order chi connectivity index (χ0) is 12.1. The number of thioether (sulfide) groups is 1. The number of aromatic nitrogens is 1. The summed E-state index contributed by atoms with van der Waals surface area (Å²) in [7, 11) is 0. The predicted molar refractivity (Wildman–Crippen MR) is 65.7 cm³/mol. The number of hydrogen-bond donors (Lipinski definition) is 0. The molecule has 5 heteroatoms. The number of carbonyl (C=O) groups is 1. The van der Waals surface area contributed by atoms with E-state index in [9.17, 15) is 4.79 Å². The molecule has 0 saturated carbocycles. The quantitative estimate of drug-likeness (QED) is 0.766. The molecule has 1 saturated heterocycles. The third-order valence-electron chi connectivity index (χ3n) is 2.66. The lowest BCUT2D eigenvalue weighted by atomic mass is 10.2. The summed E-state index contributed by atoms with van der Waals surface area (Å²) in [5.74, 6) is 0.443. The maximum Gasteiger partial charge on any atom is 0.255 e. The molecule has 1 fully saturated rings. The molecule has 1 aliphatic heterocycles. The van der Waals surface area contributed by atoms with Crippen molar-refractivity contribution in [1.29, 1.82) is 5.26 Å². The fourth-order valence-corrected chi connectivity index (χ4v) is 2.31. The van der Waals surface area contributed by atoms with E-state index in [1.807, 2.05) is 11.0 Å². The van der Waals surface area contributed by atoms with Gasteiger partial charge < -0.3 is 4.90 Å². The van der Waals surface area contributed by atoms with Crippen molar-refractivity contribution in [2.24, 2.45) is 0 Å². The molecule has 2 rings (SSSR count). The molecule has 4 nitrogen and oxygen atoms in total. The minimum atomic E-state index is 0.0619. The highest BCUT2D eigenvalue weighted by Crippen LogP contribution is 2.16. The third kappa shape index (κ3) is 2.98. The number of carbonyl (C=O) groups excluding carboxylic acids is 1. The minimum Gasteiger partial charge on any atom is -0.339 e. The molecule has 0 spiro atoms. The van der Waals surface area contributed by atoms with Gasteiger partial charge in [-0.3, -0.25) is 4.79 Å². The maximum atomic E-state index is 12.0. The van der Waals surface area contributed by atoms with Gasteiger partial charge in [0, 0.05) is 19.3 Å². The third-order valence-corrected chi connectivity index (χ3v) is 3.47. The summed E-state index contributed by atoms with van der Waals surface area (Å²) in [5.41, 5.74) is 0.633. The Morgan fingerprint density at radius 3 is 2.82 bits per heavy atom. The zero-order valence-electron chi connectivity index (χ0n) is 9.43. The maximum absolute atomic E-state index is 12.0. The van der Waals surface area contributed by atoms with Crippen molar-refractivity contribution in [2.45, 2.75) is 17.9 Å². The van der Waals surface area contributed by atoms with Crippen LogP contribution in [0.25, 0.3) is 0 Å². The van der Waals surface area contributed by atoms with Gasteiger partial charge >= 0.3 is 0 Å². The Bertz CT molecular complexity index is 432. The van der Waals surface area contributed by atoms with Crippen molar-refractivity contribution in [3.05, 3.63) is 23.9 Å². The highest BCUT2D eigenvalue weighted by Gasteiger charge is 2.19. The summed E-state index contributed by atoms with van der Waals surface area (Å²) in [6, 6.07) is 5.63. The van der Waals surface area contributed by atoms with Crippen molar-refractivity contribution in [2.75, 3.05) is 18.8 Å². The van der Waals surface area contributed by atoms with Crippen LogP contribution in [0.15, 0.2) is 23.4 Å². The lowest BCUT2D eigenvalue weighted by Gasteiger charge is -2.14. The molecule has 0 aromatic carbocycles. The second-order valence-corrected chi connectivity index (χ2v) is 4.83. The first-order chi connectivity index (χ1) is 8.31. The van der Waals surface area contributed by atoms with E-state index in [2.05, 4.69) is 4.98 Å². The SMILES string of the molecule is N#CCSc1ccc(C(=O)N2CCCC2)cn1. The molecule has 88 valence electrons. The van der Waals surface area contributed by atoms with Crippen LogP contribution in [-0.4, -0.2) is 34.6 Å². The van der Waals surface area contributed by atoms with Gasteiger partial charge in [0.1, 0.15) is 0 Å². The van der Waals surface area contributed by atoms with E-state index in [1.54, 1.807) is 18.3 Å². The monoisotopic (exact) mass is 247 g/mol. The van der Waals surface area contributed by atoms with Gasteiger partial charge in [-0.2, -0.15) is 5.26 Å². The van der Waals surface area contributed by atoms with Crippen molar-refractivity contribution in [1.82, 2.24) is 9.88 Å². The summed E-state index contributed by atoms with van der Waals surface area (Å²) in [6.45, 7) is 1.70. The van der Waals surface area contributed by atoms with Crippen molar-refractivity contribution >= 4 is 17.7 Å². The van der Waals surface area contributed by atoms with Gasteiger partial charge in [0.2, 0.25) is 0 Å². The number of amides is 1. The number of likely N-dealkylation sites (tertiary alicyclic amines) is 1. The van der Waals surface area contributed by atoms with Gasteiger partial charge in [-0.15, -0.1) is 0 Å². The summed E-state index contributed by atoms with van der Waals surface area (Å²) in [4.78, 5) is 18.0. The van der Waals surface area contributed by atoms with E-state index in [-0.39, 0.29) is 5.91 Å². The van der Waals surface area contributed by atoms with E-state index in [4.69, 9.17) is 5.26 Å². The Labute approximate surface area is 105 Å². The van der Waals surface area contributed by atoms with E-state index < -0.39 is 0 Å². The average Bonchev–Trinajstić information content (AvgIpc) is 2.90. The van der Waals surface area contributed by atoms with Crippen LogP contribution in [-0.2, 0) is 0 Å². The Morgan fingerprint density at radius 2 is 2.24 bits per heavy atom. The summed E-state index contributed by atoms with van der Waals surface area (Å²) < 4.78 is 0. The zero-order valence-corrected chi connectivity index (χ0v) is 10.2. The van der Waals surface area contributed by atoms with Gasteiger partial charge in [-0.25, -0.2) is 4.98 Å². The highest BCUT2D eigenvalue weighted by molar-refractivity contribution is 7.99. The molecule has 0 N–H and O–H groups in total. The molecule has 1 amide bonds. The van der Waals surface area contributed by atoms with Crippen molar-refractivity contribution < 1.29 is 4.79 Å². The van der Waals surface area contributed by atoms with E-state index in [0.29, 0.717) is 11.3 Å². The summed E-state index contributed by atoms with van der Waals surface area (Å²) in [6.07, 6.45) is 3.78. The van der Waals surface area contributed by atoms with Crippen LogP contribution in [0.1, 0.15) is 23.2 Å². The Morgan fingerprint density at radius 1 is 1.47 bits per heavy atom. The largest absolute Gasteiger partial charge is 0.339 e. The number of nitriles is 1. The number of pyridine rings is 1. The van der Waals surface area contributed by atoms with Crippen LogP contribution < -0.4 is 0 Å². The van der Waals surface area contributed by atoms with Gasteiger partial charge in [0.05, 0.1) is 22.4 Å². The molecule has 17 heavy (non-hydrogen) atoms. The molecule has 1 aromatic heterocycles. The summed E-state index contributed by atoms with van der Waals surface area (Å²) >= 11 is 1.38. The first-order valence-corrected chi connectivity index (χ1v) is 6.55.